The number of hydrogen-bond acceptors (Lipinski definition) is 9. The molecule has 1 atom stereocenters. The summed E-state index contributed by atoms with van der Waals surface area (Å²) < 4.78 is 5.80. The number of likely N-dealkylation sites (tertiary alicyclic amines) is 1. The predicted octanol–water partition coefficient (Wildman–Crippen LogP) is 3.59. The molecule has 11 nitrogen and oxygen atoms in total. The van der Waals surface area contributed by atoms with Gasteiger partial charge in [0.05, 0.1) is 16.3 Å². The van der Waals surface area contributed by atoms with E-state index in [1.807, 2.05) is 11.8 Å². The molecule has 0 unspecified atom stereocenters. The summed E-state index contributed by atoms with van der Waals surface area (Å²) in [6, 6.07) is 5.17. The number of hydrogen-bond donors (Lipinski definition) is 4. The minimum Gasteiger partial charge on any atom is -0.512 e. The largest absolute Gasteiger partial charge is 0.512 e. The minimum absolute atomic E-state index is 0.00776. The summed E-state index contributed by atoms with van der Waals surface area (Å²) >= 11 is 6.64. The monoisotopic (exact) mass is 585 g/mol. The highest BCUT2D eigenvalue weighted by Gasteiger charge is 2.50. The van der Waals surface area contributed by atoms with Gasteiger partial charge in [-0.25, -0.2) is 14.8 Å². The number of aliphatic hydroxyl groups excluding tert-OH is 2. The van der Waals surface area contributed by atoms with Gasteiger partial charge in [-0.1, -0.05) is 11.6 Å². The maximum atomic E-state index is 12.5. The molecule has 2 aliphatic heterocycles. The van der Waals surface area contributed by atoms with Gasteiger partial charge in [-0.3, -0.25) is 0 Å². The molecular formula is C29H40ClN7O4. The standard InChI is InChI=1S/C29H40ClN7O4/c1-17-25(24(18(2)31)19(3)38)33-26(22-11-21(7-8-23(22)30)41-13-20(39)12-32-4)34-27(17)37-15-29(16-37)9-10-36(14-29)28(40)35(5)6/h7-8,11,20,31-32,38-39H,9-10,12-16H2,1-6H3/b24-19+,31-18?/t20-/m1/s1. The second kappa shape index (κ2) is 12.2. The first-order chi connectivity index (χ1) is 19.4. The van der Waals surface area contributed by atoms with Gasteiger partial charge in [0.25, 0.3) is 0 Å². The lowest BCUT2D eigenvalue weighted by atomic mass is 9.79. The van der Waals surface area contributed by atoms with Crippen LogP contribution in [0.3, 0.4) is 0 Å². The van der Waals surface area contributed by atoms with Crippen molar-refractivity contribution in [2.45, 2.75) is 33.3 Å². The molecule has 2 fully saturated rings. The van der Waals surface area contributed by atoms with Crippen molar-refractivity contribution in [3.05, 3.63) is 40.2 Å². The number of likely N-dealkylation sites (N-methyl/N-ethyl adjacent to an activating group) is 1. The number of ether oxygens (including phenoxy) is 1. The number of nitrogens with one attached hydrogen (secondary N) is 2. The molecule has 41 heavy (non-hydrogen) atoms. The highest BCUT2D eigenvalue weighted by atomic mass is 35.5. The van der Waals surface area contributed by atoms with Crippen LogP contribution >= 0.6 is 11.6 Å². The third-order valence-electron chi connectivity index (χ3n) is 7.60. The van der Waals surface area contributed by atoms with Crippen LogP contribution in [0.2, 0.25) is 5.02 Å². The number of amides is 2. The van der Waals surface area contributed by atoms with E-state index in [0.717, 1.165) is 31.6 Å². The average molecular weight is 586 g/mol. The summed E-state index contributed by atoms with van der Waals surface area (Å²) in [7, 11) is 5.29. The lowest BCUT2D eigenvalue weighted by Crippen LogP contribution is -2.58. The van der Waals surface area contributed by atoms with Gasteiger partial charge in [-0.15, -0.1) is 0 Å². The SMILES string of the molecule is CNC[C@@H](O)COc1ccc(Cl)c(-c2nc(/C(C(C)=N)=C(\C)O)c(C)c(N3CC4(CCN(C(=O)N(C)C)C4)C3)n2)c1. The first kappa shape index (κ1) is 30.5. The molecule has 1 spiro atoms. The van der Waals surface area contributed by atoms with Crippen molar-refractivity contribution in [2.24, 2.45) is 5.41 Å². The summed E-state index contributed by atoms with van der Waals surface area (Å²) in [6.07, 6.45) is 0.236. The fourth-order valence-corrected chi connectivity index (χ4v) is 5.80. The fourth-order valence-electron chi connectivity index (χ4n) is 5.60. The molecule has 2 aromatic rings. The van der Waals surface area contributed by atoms with Crippen molar-refractivity contribution >= 4 is 34.7 Å². The van der Waals surface area contributed by atoms with Gasteiger partial charge in [0.1, 0.15) is 30.0 Å². The Hall–Kier alpha value is -3.41. The van der Waals surface area contributed by atoms with Crippen LogP contribution in [0.4, 0.5) is 10.6 Å². The smallest absolute Gasteiger partial charge is 0.319 e. The molecule has 222 valence electrons. The van der Waals surface area contributed by atoms with Crippen LogP contribution in [0, 0.1) is 17.7 Å². The van der Waals surface area contributed by atoms with E-state index in [9.17, 15) is 15.0 Å². The van der Waals surface area contributed by atoms with Crippen LogP contribution in [0.1, 0.15) is 31.5 Å². The zero-order valence-corrected chi connectivity index (χ0v) is 25.3. The summed E-state index contributed by atoms with van der Waals surface area (Å²) in [4.78, 5) is 27.9. The molecule has 2 saturated heterocycles. The van der Waals surface area contributed by atoms with Gasteiger partial charge in [0, 0.05) is 69.1 Å². The van der Waals surface area contributed by atoms with Crippen molar-refractivity contribution in [1.29, 1.82) is 5.41 Å². The third kappa shape index (κ3) is 6.42. The summed E-state index contributed by atoms with van der Waals surface area (Å²) in [5, 5.41) is 32.3. The van der Waals surface area contributed by atoms with Gasteiger partial charge in [-0.05, 0) is 52.4 Å². The Labute approximate surface area is 246 Å². The quantitative estimate of drug-likeness (QED) is 0.259. The Kier molecular flexibility index (Phi) is 9.10. The van der Waals surface area contributed by atoms with E-state index in [-0.39, 0.29) is 29.5 Å². The molecule has 4 rings (SSSR count). The number of urea groups is 1. The first-order valence-electron chi connectivity index (χ1n) is 13.7. The molecule has 0 aliphatic carbocycles. The molecule has 4 N–H and O–H groups in total. The number of aliphatic hydroxyl groups is 2. The highest BCUT2D eigenvalue weighted by Crippen LogP contribution is 2.44. The molecule has 1 aromatic carbocycles. The predicted molar refractivity (Wildman–Crippen MR) is 161 cm³/mol. The molecule has 3 heterocycles. The molecule has 1 aromatic heterocycles. The number of nitrogens with zero attached hydrogens (tertiary/aromatic N) is 5. The molecule has 2 amide bonds. The zero-order valence-electron chi connectivity index (χ0n) is 24.6. The van der Waals surface area contributed by atoms with Gasteiger partial charge < -0.3 is 40.4 Å². The lowest BCUT2D eigenvalue weighted by molar-refractivity contribution is 0.108. The number of anilines is 1. The highest BCUT2D eigenvalue weighted by molar-refractivity contribution is 6.33. The third-order valence-corrected chi connectivity index (χ3v) is 7.93. The van der Waals surface area contributed by atoms with Gasteiger partial charge in [0.15, 0.2) is 5.82 Å². The van der Waals surface area contributed by atoms with Crippen LogP contribution in [0.25, 0.3) is 17.0 Å². The van der Waals surface area contributed by atoms with Gasteiger partial charge in [-0.2, -0.15) is 0 Å². The molecule has 0 radical (unpaired) electrons. The number of allylic oxidation sites excluding steroid dienone is 2. The minimum atomic E-state index is -0.679. The van der Waals surface area contributed by atoms with E-state index in [2.05, 4.69) is 10.2 Å². The lowest BCUT2D eigenvalue weighted by Gasteiger charge is -2.49. The van der Waals surface area contributed by atoms with E-state index in [1.165, 1.54) is 0 Å². The number of carbonyl (C=O) groups excluding carboxylic acids is 1. The van der Waals surface area contributed by atoms with Crippen LogP contribution in [0.5, 0.6) is 5.75 Å². The Morgan fingerprint density at radius 1 is 1.27 bits per heavy atom. The Morgan fingerprint density at radius 2 is 1.98 bits per heavy atom. The fraction of sp³-hybridized carbons (Fsp3) is 0.517. The van der Waals surface area contributed by atoms with Crippen molar-refractivity contribution in [2.75, 3.05) is 65.4 Å². The van der Waals surface area contributed by atoms with Crippen molar-refractivity contribution < 1.29 is 19.7 Å². The second-order valence-corrected chi connectivity index (χ2v) is 11.7. The zero-order chi connectivity index (χ0) is 30.1. The summed E-state index contributed by atoms with van der Waals surface area (Å²) in [5.74, 6) is 1.53. The van der Waals surface area contributed by atoms with Crippen LogP contribution < -0.4 is 15.0 Å². The van der Waals surface area contributed by atoms with Crippen LogP contribution in [-0.2, 0) is 0 Å². The maximum Gasteiger partial charge on any atom is 0.319 e. The topological polar surface area (TPSA) is 138 Å². The number of rotatable bonds is 9. The first-order valence-corrected chi connectivity index (χ1v) is 14.0. The molecule has 0 saturated carbocycles. The Morgan fingerprint density at radius 3 is 2.59 bits per heavy atom. The number of benzene rings is 1. The molecular weight excluding hydrogens is 546 g/mol. The maximum absolute atomic E-state index is 12.5. The van der Waals surface area contributed by atoms with E-state index < -0.39 is 6.10 Å². The molecule has 12 heteroatoms. The summed E-state index contributed by atoms with van der Waals surface area (Å²) in [6.45, 7) is 8.40. The Balaban J connectivity index is 1.71. The summed E-state index contributed by atoms with van der Waals surface area (Å²) in [5.41, 5.74) is 2.25. The number of carbonyl (C=O) groups is 1. The second-order valence-electron chi connectivity index (χ2n) is 11.3. The number of aromatic nitrogens is 2. The van der Waals surface area contributed by atoms with Crippen molar-refractivity contribution in [3.8, 4) is 17.1 Å². The van der Waals surface area contributed by atoms with Gasteiger partial charge >= 0.3 is 6.03 Å². The van der Waals surface area contributed by atoms with Crippen LogP contribution in [0.15, 0.2) is 24.0 Å². The Bertz CT molecular complexity index is 1350. The van der Waals surface area contributed by atoms with E-state index in [0.29, 0.717) is 52.3 Å². The normalized spacial score (nSPS) is 17.3. The van der Waals surface area contributed by atoms with Crippen molar-refractivity contribution in [3.63, 3.8) is 0 Å². The molecule has 0 bridgehead atoms. The van der Waals surface area contributed by atoms with E-state index >= 15 is 0 Å². The van der Waals surface area contributed by atoms with Crippen LogP contribution in [-0.4, -0.2) is 108 Å². The van der Waals surface area contributed by atoms with E-state index in [1.54, 1.807) is 58.1 Å². The van der Waals surface area contributed by atoms with E-state index in [4.69, 9.17) is 31.7 Å². The average Bonchev–Trinajstić information content (AvgIpc) is 3.34. The van der Waals surface area contributed by atoms with Crippen molar-refractivity contribution in [1.82, 2.24) is 25.1 Å². The van der Waals surface area contributed by atoms with Gasteiger partial charge in [0.2, 0.25) is 0 Å². The molecule has 2 aliphatic rings. The number of halogens is 1.